The first-order valence-corrected chi connectivity index (χ1v) is 13.8. The highest BCUT2D eigenvalue weighted by molar-refractivity contribution is 7.89. The Morgan fingerprint density at radius 2 is 1.74 bits per heavy atom. The van der Waals surface area contributed by atoms with Gasteiger partial charge in [-0.25, -0.2) is 8.42 Å². The molecule has 0 unspecified atom stereocenters. The first-order chi connectivity index (χ1) is 17.0. The van der Waals surface area contributed by atoms with Crippen LogP contribution in [0.15, 0.2) is 53.4 Å². The molecule has 1 aromatic heterocycles. The minimum absolute atomic E-state index is 0.399. The quantitative estimate of drug-likeness (QED) is 0.447. The van der Waals surface area contributed by atoms with Crippen molar-refractivity contribution in [1.29, 1.82) is 0 Å². The van der Waals surface area contributed by atoms with Gasteiger partial charge >= 0.3 is 0 Å². The standard InChI is InChI=1S/C26H33N5O3S/c1-21-27-28-26(31(21)24-7-3-2-4-8-24)9-5-6-13-29-14-12-22-10-11-25(19-23(22)20-29)35(32,33)30-15-17-34-18-16-30/h2-4,7-8,10-11,19H,5-6,9,12-18,20H2,1H3. The van der Waals surface area contributed by atoms with Crippen LogP contribution in [0.4, 0.5) is 0 Å². The first kappa shape index (κ1) is 24.1. The Hall–Kier alpha value is -2.59. The molecule has 3 heterocycles. The third-order valence-corrected chi connectivity index (χ3v) is 8.80. The van der Waals surface area contributed by atoms with Gasteiger partial charge in [-0.1, -0.05) is 24.3 Å². The Balaban J connectivity index is 1.18. The number of hydrogen-bond donors (Lipinski definition) is 0. The van der Waals surface area contributed by atoms with Gasteiger partial charge in [-0.2, -0.15) is 4.31 Å². The molecule has 186 valence electrons. The van der Waals surface area contributed by atoms with Crippen LogP contribution in [0.3, 0.4) is 0 Å². The Bertz CT molecular complexity index is 1250. The number of para-hydroxylation sites is 1. The van der Waals surface area contributed by atoms with Crippen molar-refractivity contribution in [3.8, 4) is 5.69 Å². The van der Waals surface area contributed by atoms with E-state index in [0.29, 0.717) is 31.2 Å². The van der Waals surface area contributed by atoms with Gasteiger partial charge in [0.25, 0.3) is 0 Å². The molecule has 2 aliphatic rings. The molecule has 8 nitrogen and oxygen atoms in total. The van der Waals surface area contributed by atoms with Crippen molar-refractivity contribution in [2.24, 2.45) is 0 Å². The summed E-state index contributed by atoms with van der Waals surface area (Å²) in [5.41, 5.74) is 3.49. The summed E-state index contributed by atoms with van der Waals surface area (Å²) in [4.78, 5) is 2.83. The fourth-order valence-electron chi connectivity index (χ4n) is 4.98. The number of aromatic nitrogens is 3. The zero-order valence-electron chi connectivity index (χ0n) is 20.3. The van der Waals surface area contributed by atoms with Crippen LogP contribution < -0.4 is 0 Å². The average Bonchev–Trinajstić information content (AvgIpc) is 3.27. The third kappa shape index (κ3) is 5.33. The minimum atomic E-state index is -3.47. The van der Waals surface area contributed by atoms with Crippen molar-refractivity contribution >= 4 is 10.0 Å². The Morgan fingerprint density at radius 3 is 2.54 bits per heavy atom. The van der Waals surface area contributed by atoms with E-state index in [1.54, 1.807) is 6.07 Å². The molecular formula is C26H33N5O3S. The van der Waals surface area contributed by atoms with Crippen LogP contribution in [0.25, 0.3) is 5.69 Å². The molecule has 9 heteroatoms. The Morgan fingerprint density at radius 1 is 0.943 bits per heavy atom. The summed E-state index contributed by atoms with van der Waals surface area (Å²) in [6.45, 7) is 6.52. The highest BCUT2D eigenvalue weighted by atomic mass is 32.2. The SMILES string of the molecule is Cc1nnc(CCCCN2CCc3ccc(S(=O)(=O)N4CCOCC4)cc3C2)n1-c1ccccc1. The van der Waals surface area contributed by atoms with E-state index in [4.69, 9.17) is 4.74 Å². The van der Waals surface area contributed by atoms with Gasteiger partial charge in [0, 0.05) is 38.3 Å². The number of aryl methyl sites for hydroxylation is 2. The molecule has 5 rings (SSSR count). The van der Waals surface area contributed by atoms with Gasteiger partial charge in [-0.3, -0.25) is 9.47 Å². The monoisotopic (exact) mass is 495 g/mol. The molecule has 0 amide bonds. The van der Waals surface area contributed by atoms with E-state index in [2.05, 4.69) is 31.8 Å². The molecule has 2 aromatic carbocycles. The molecule has 1 saturated heterocycles. The second kappa shape index (κ2) is 10.6. The van der Waals surface area contributed by atoms with Crippen LogP contribution in [0, 0.1) is 6.92 Å². The van der Waals surface area contributed by atoms with Crippen molar-refractivity contribution in [3.05, 3.63) is 71.3 Å². The van der Waals surface area contributed by atoms with E-state index in [9.17, 15) is 8.42 Å². The lowest BCUT2D eigenvalue weighted by Crippen LogP contribution is -2.40. The van der Waals surface area contributed by atoms with Gasteiger partial charge in [-0.15, -0.1) is 10.2 Å². The number of morpholine rings is 1. The molecule has 0 spiro atoms. The maximum atomic E-state index is 13.1. The van der Waals surface area contributed by atoms with E-state index < -0.39 is 10.0 Å². The van der Waals surface area contributed by atoms with Gasteiger partial charge in [0.2, 0.25) is 10.0 Å². The van der Waals surface area contributed by atoms with Crippen LogP contribution in [-0.4, -0.2) is 71.8 Å². The number of unbranched alkanes of at least 4 members (excludes halogenated alkanes) is 1. The van der Waals surface area contributed by atoms with Crippen LogP contribution in [0.2, 0.25) is 0 Å². The number of benzene rings is 2. The summed E-state index contributed by atoms with van der Waals surface area (Å²) in [5, 5.41) is 8.70. The molecule has 0 atom stereocenters. The first-order valence-electron chi connectivity index (χ1n) is 12.4. The lowest BCUT2D eigenvalue weighted by molar-refractivity contribution is 0.0730. The van der Waals surface area contributed by atoms with Crippen LogP contribution in [0.1, 0.15) is 35.6 Å². The second-order valence-electron chi connectivity index (χ2n) is 9.26. The fraction of sp³-hybridized carbons (Fsp3) is 0.462. The molecule has 0 N–H and O–H groups in total. The summed E-state index contributed by atoms with van der Waals surface area (Å²) in [7, 11) is -3.47. The predicted molar refractivity (Wildman–Crippen MR) is 134 cm³/mol. The van der Waals surface area contributed by atoms with Gasteiger partial charge in [0.15, 0.2) is 0 Å². The number of hydrogen-bond acceptors (Lipinski definition) is 6. The lowest BCUT2D eigenvalue weighted by Gasteiger charge is -2.30. The molecule has 35 heavy (non-hydrogen) atoms. The predicted octanol–water partition coefficient (Wildman–Crippen LogP) is 2.98. The molecule has 0 saturated carbocycles. The highest BCUT2D eigenvalue weighted by Gasteiger charge is 2.27. The van der Waals surface area contributed by atoms with E-state index in [-0.39, 0.29) is 0 Å². The zero-order chi connectivity index (χ0) is 24.3. The van der Waals surface area contributed by atoms with Crippen molar-refractivity contribution in [2.45, 2.75) is 44.0 Å². The van der Waals surface area contributed by atoms with Gasteiger partial charge in [0.1, 0.15) is 11.6 Å². The number of fused-ring (bicyclic) bond motifs is 1. The van der Waals surface area contributed by atoms with Gasteiger partial charge < -0.3 is 4.74 Å². The molecule has 0 bridgehead atoms. The average molecular weight is 496 g/mol. The second-order valence-corrected chi connectivity index (χ2v) is 11.2. The third-order valence-electron chi connectivity index (χ3n) is 6.91. The van der Waals surface area contributed by atoms with E-state index in [1.807, 2.05) is 37.3 Å². The molecule has 0 radical (unpaired) electrons. The Kier molecular flexibility index (Phi) is 7.29. The summed E-state index contributed by atoms with van der Waals surface area (Å²) >= 11 is 0. The topological polar surface area (TPSA) is 80.6 Å². The van der Waals surface area contributed by atoms with E-state index >= 15 is 0 Å². The number of rotatable bonds is 8. The number of sulfonamides is 1. The molecule has 0 aliphatic carbocycles. The molecule has 1 fully saturated rings. The van der Waals surface area contributed by atoms with Gasteiger partial charge in [-0.05, 0) is 68.1 Å². The maximum Gasteiger partial charge on any atom is 0.243 e. The summed E-state index contributed by atoms with van der Waals surface area (Å²) in [6, 6.07) is 15.9. The van der Waals surface area contributed by atoms with Gasteiger partial charge in [0.05, 0.1) is 18.1 Å². The number of nitrogens with zero attached hydrogens (tertiary/aromatic N) is 5. The maximum absolute atomic E-state index is 13.1. The highest BCUT2D eigenvalue weighted by Crippen LogP contribution is 2.25. The molecule has 2 aliphatic heterocycles. The van der Waals surface area contributed by atoms with Crippen LogP contribution in [0.5, 0.6) is 0 Å². The molecule has 3 aromatic rings. The lowest BCUT2D eigenvalue weighted by atomic mass is 9.99. The van der Waals surface area contributed by atoms with Crippen molar-refractivity contribution in [2.75, 3.05) is 39.4 Å². The van der Waals surface area contributed by atoms with Crippen molar-refractivity contribution in [1.82, 2.24) is 24.0 Å². The minimum Gasteiger partial charge on any atom is -0.379 e. The van der Waals surface area contributed by atoms with Crippen LogP contribution in [-0.2, 0) is 34.1 Å². The van der Waals surface area contributed by atoms with Crippen LogP contribution >= 0.6 is 0 Å². The van der Waals surface area contributed by atoms with Crippen molar-refractivity contribution < 1.29 is 13.2 Å². The zero-order valence-corrected chi connectivity index (χ0v) is 21.1. The Labute approximate surface area is 207 Å². The van der Waals surface area contributed by atoms with E-state index in [0.717, 1.165) is 68.2 Å². The largest absolute Gasteiger partial charge is 0.379 e. The normalized spacial score (nSPS) is 17.4. The number of ether oxygens (including phenoxy) is 1. The summed E-state index contributed by atoms with van der Waals surface area (Å²) < 4.78 is 35.1. The van der Waals surface area contributed by atoms with E-state index in [1.165, 1.54) is 9.87 Å². The smallest absolute Gasteiger partial charge is 0.243 e. The van der Waals surface area contributed by atoms with Crippen molar-refractivity contribution in [3.63, 3.8) is 0 Å². The molecular weight excluding hydrogens is 462 g/mol. The fourth-order valence-corrected chi connectivity index (χ4v) is 6.44. The summed E-state index contributed by atoms with van der Waals surface area (Å²) in [5.74, 6) is 1.90. The summed E-state index contributed by atoms with van der Waals surface area (Å²) in [6.07, 6.45) is 3.92.